The first-order valence-electron chi connectivity index (χ1n) is 5.99. The second kappa shape index (κ2) is 4.90. The molecule has 0 atom stereocenters. The van der Waals surface area contributed by atoms with Gasteiger partial charge in [-0.05, 0) is 36.4 Å². The number of nitrogens with zero attached hydrogens (tertiary/aromatic N) is 4. The molecule has 0 bridgehead atoms. The Hall–Kier alpha value is -3.07. The minimum Gasteiger partial charge on any atom is -0.479 e. The summed E-state index contributed by atoms with van der Waals surface area (Å²) in [6.45, 7) is 0.0362. The van der Waals surface area contributed by atoms with Crippen LogP contribution in [0.4, 0.5) is 5.95 Å². The molecule has 2 N–H and O–H groups in total. The zero-order valence-electron chi connectivity index (χ0n) is 10.5. The molecule has 0 aliphatic rings. The van der Waals surface area contributed by atoms with Gasteiger partial charge in [0.15, 0.2) is 12.3 Å². The third-order valence-electron chi connectivity index (χ3n) is 2.83. The van der Waals surface area contributed by atoms with E-state index in [-0.39, 0.29) is 12.6 Å². The lowest BCUT2D eigenvalue weighted by molar-refractivity contribution is 0.368. The Morgan fingerprint density at radius 3 is 2.75 bits per heavy atom. The number of nitrogens with two attached hydrogens (primary N) is 1. The number of nitrogen functional groups attached to an aromatic ring is 1. The van der Waals surface area contributed by atoms with Crippen molar-refractivity contribution in [2.45, 2.75) is 0 Å². The van der Waals surface area contributed by atoms with Gasteiger partial charge in [-0.25, -0.2) is 4.52 Å². The first-order valence-corrected chi connectivity index (χ1v) is 5.99. The molecule has 0 aliphatic heterocycles. The number of hydrogen-bond donors (Lipinski definition) is 1. The molecule has 2 aromatic heterocycles. The van der Waals surface area contributed by atoms with Gasteiger partial charge >= 0.3 is 0 Å². The predicted molar refractivity (Wildman–Crippen MR) is 73.9 cm³/mol. The highest BCUT2D eigenvalue weighted by molar-refractivity contribution is 5.64. The molecule has 3 aromatic rings. The van der Waals surface area contributed by atoms with Crippen LogP contribution >= 0.6 is 0 Å². The highest BCUT2D eigenvalue weighted by Crippen LogP contribution is 2.23. The summed E-state index contributed by atoms with van der Waals surface area (Å²) in [4.78, 5) is 4.13. The molecule has 1 aromatic carbocycles. The molecule has 0 saturated carbocycles. The van der Waals surface area contributed by atoms with Crippen LogP contribution in [0.1, 0.15) is 0 Å². The smallest absolute Gasteiger partial charge is 0.240 e. The highest BCUT2D eigenvalue weighted by atomic mass is 16.5. The van der Waals surface area contributed by atoms with Crippen molar-refractivity contribution in [1.82, 2.24) is 14.6 Å². The van der Waals surface area contributed by atoms with Crippen LogP contribution in [0.25, 0.3) is 16.9 Å². The predicted octanol–water partition coefficient (Wildman–Crippen LogP) is 1.88. The molecule has 98 valence electrons. The second-order valence-corrected chi connectivity index (χ2v) is 4.12. The van der Waals surface area contributed by atoms with Crippen LogP contribution in [-0.4, -0.2) is 21.2 Å². The number of rotatable bonds is 3. The van der Waals surface area contributed by atoms with Gasteiger partial charge in [0.1, 0.15) is 11.8 Å². The van der Waals surface area contributed by atoms with Crippen molar-refractivity contribution in [1.29, 1.82) is 5.26 Å². The molecule has 0 radical (unpaired) electrons. The first kappa shape index (κ1) is 12.0. The molecule has 3 rings (SSSR count). The minimum absolute atomic E-state index is 0.0362. The van der Waals surface area contributed by atoms with Crippen LogP contribution in [0, 0.1) is 11.3 Å². The summed E-state index contributed by atoms with van der Waals surface area (Å²) in [6, 6.07) is 15.0. The van der Waals surface area contributed by atoms with Gasteiger partial charge in [-0.3, -0.25) is 0 Å². The number of hydrogen-bond acceptors (Lipinski definition) is 5. The molecule has 0 amide bonds. The van der Waals surface area contributed by atoms with Crippen LogP contribution in [0.5, 0.6) is 5.75 Å². The summed E-state index contributed by atoms with van der Waals surface area (Å²) in [5, 5.41) is 12.6. The van der Waals surface area contributed by atoms with Crippen LogP contribution in [0.15, 0.2) is 42.5 Å². The topological polar surface area (TPSA) is 89.2 Å². The molecule has 20 heavy (non-hydrogen) atoms. The molecule has 2 heterocycles. The minimum atomic E-state index is 0.0362. The second-order valence-electron chi connectivity index (χ2n) is 4.12. The fraction of sp³-hybridized carbons (Fsp3) is 0.0714. The number of pyridine rings is 1. The average molecular weight is 265 g/mol. The van der Waals surface area contributed by atoms with E-state index < -0.39 is 0 Å². The van der Waals surface area contributed by atoms with Crippen molar-refractivity contribution in [3.05, 3.63) is 42.5 Å². The molecular formula is C14H11N5O. The van der Waals surface area contributed by atoms with E-state index in [2.05, 4.69) is 10.1 Å². The summed E-state index contributed by atoms with van der Waals surface area (Å²) >= 11 is 0. The van der Waals surface area contributed by atoms with Crippen LogP contribution < -0.4 is 10.5 Å². The van der Waals surface area contributed by atoms with E-state index in [1.54, 1.807) is 4.52 Å². The number of ether oxygens (including phenoxy) is 1. The average Bonchev–Trinajstić information content (AvgIpc) is 2.85. The Labute approximate surface area is 115 Å². The molecule has 0 aliphatic carbocycles. The van der Waals surface area contributed by atoms with Crippen LogP contribution in [0.2, 0.25) is 0 Å². The molecule has 0 unspecified atom stereocenters. The molecule has 0 fully saturated rings. The fourth-order valence-electron chi connectivity index (χ4n) is 1.98. The normalized spacial score (nSPS) is 10.3. The summed E-state index contributed by atoms with van der Waals surface area (Å²) in [5.41, 5.74) is 8.17. The van der Waals surface area contributed by atoms with Crippen molar-refractivity contribution < 1.29 is 4.74 Å². The molecule has 6 nitrogen and oxygen atoms in total. The van der Waals surface area contributed by atoms with E-state index in [4.69, 9.17) is 15.7 Å². The molecule has 6 heteroatoms. The highest BCUT2D eigenvalue weighted by Gasteiger charge is 2.07. The van der Waals surface area contributed by atoms with Gasteiger partial charge in [-0.15, -0.1) is 5.10 Å². The van der Waals surface area contributed by atoms with E-state index in [0.29, 0.717) is 11.4 Å². The Bertz CT molecular complexity index is 785. The third kappa shape index (κ3) is 2.12. The number of fused-ring (bicyclic) bond motifs is 1. The molecule has 0 spiro atoms. The van der Waals surface area contributed by atoms with Crippen molar-refractivity contribution in [2.75, 3.05) is 12.3 Å². The summed E-state index contributed by atoms with van der Waals surface area (Å²) in [7, 11) is 0. The lowest BCUT2D eigenvalue weighted by Gasteiger charge is -2.06. The number of nitriles is 1. The standard InChI is InChI=1S/C14H11N5O/c15-8-9-20-11-6-4-10(5-7-11)12-2-1-3-13-17-14(16)18-19(12)13/h1-7H,9H2,(H2,16,18). The fourth-order valence-corrected chi connectivity index (χ4v) is 1.98. The van der Waals surface area contributed by atoms with Gasteiger partial charge in [0, 0.05) is 5.56 Å². The van der Waals surface area contributed by atoms with Gasteiger partial charge in [-0.1, -0.05) is 6.07 Å². The van der Waals surface area contributed by atoms with E-state index in [1.165, 1.54) is 0 Å². The summed E-state index contributed by atoms with van der Waals surface area (Å²) in [6.07, 6.45) is 0. The van der Waals surface area contributed by atoms with E-state index in [0.717, 1.165) is 11.3 Å². The van der Waals surface area contributed by atoms with Crippen LogP contribution in [0.3, 0.4) is 0 Å². The van der Waals surface area contributed by atoms with Crippen molar-refractivity contribution in [3.63, 3.8) is 0 Å². The maximum absolute atomic E-state index is 8.48. The van der Waals surface area contributed by atoms with Gasteiger partial charge in [0.05, 0.1) is 5.69 Å². The lowest BCUT2D eigenvalue weighted by atomic mass is 10.1. The van der Waals surface area contributed by atoms with Crippen LogP contribution in [-0.2, 0) is 0 Å². The monoisotopic (exact) mass is 265 g/mol. The van der Waals surface area contributed by atoms with Gasteiger partial charge < -0.3 is 10.5 Å². The zero-order valence-corrected chi connectivity index (χ0v) is 10.5. The molecular weight excluding hydrogens is 254 g/mol. The quantitative estimate of drug-likeness (QED) is 0.781. The SMILES string of the molecule is N#CCOc1ccc(-c2cccc3nc(N)nn23)cc1. The first-order chi connectivity index (χ1) is 9.78. The maximum atomic E-state index is 8.48. The Balaban J connectivity index is 2.00. The van der Waals surface area contributed by atoms with Gasteiger partial charge in [0.2, 0.25) is 5.95 Å². The number of benzene rings is 1. The van der Waals surface area contributed by atoms with E-state index in [1.807, 2.05) is 48.5 Å². The van der Waals surface area contributed by atoms with E-state index in [9.17, 15) is 0 Å². The largest absolute Gasteiger partial charge is 0.479 e. The lowest BCUT2D eigenvalue weighted by Crippen LogP contribution is -1.96. The summed E-state index contributed by atoms with van der Waals surface area (Å²) in [5.74, 6) is 0.895. The Morgan fingerprint density at radius 1 is 1.20 bits per heavy atom. The Morgan fingerprint density at radius 2 is 2.00 bits per heavy atom. The molecule has 0 saturated heterocycles. The maximum Gasteiger partial charge on any atom is 0.240 e. The summed E-state index contributed by atoms with van der Waals surface area (Å²) < 4.78 is 6.92. The van der Waals surface area contributed by atoms with E-state index >= 15 is 0 Å². The number of anilines is 1. The Kier molecular flexibility index (Phi) is 2.94. The van der Waals surface area contributed by atoms with Gasteiger partial charge in [0.25, 0.3) is 0 Å². The zero-order chi connectivity index (χ0) is 13.9. The van der Waals surface area contributed by atoms with Crippen molar-refractivity contribution in [2.24, 2.45) is 0 Å². The third-order valence-corrected chi connectivity index (χ3v) is 2.83. The van der Waals surface area contributed by atoms with Crippen molar-refractivity contribution in [3.8, 4) is 23.1 Å². The van der Waals surface area contributed by atoms with Crippen molar-refractivity contribution >= 4 is 11.6 Å². The van der Waals surface area contributed by atoms with Gasteiger partial charge in [-0.2, -0.15) is 10.2 Å². The number of aromatic nitrogens is 3.